The Morgan fingerprint density at radius 1 is 1.85 bits per heavy atom. The molecule has 0 unspecified atom stereocenters. The topological polar surface area (TPSA) is 41.9 Å². The summed E-state index contributed by atoms with van der Waals surface area (Å²) in [6.07, 6.45) is 0.350. The van der Waals surface area contributed by atoms with Gasteiger partial charge in [-0.05, 0) is 5.41 Å². The summed E-state index contributed by atoms with van der Waals surface area (Å²) in [5.41, 5.74) is 1.01. The highest BCUT2D eigenvalue weighted by molar-refractivity contribution is 8.16. The predicted octanol–water partition coefficient (Wildman–Crippen LogP) is 0.809. The van der Waals surface area contributed by atoms with Crippen molar-refractivity contribution < 1.29 is 9.53 Å². The molecule has 4 nitrogen and oxygen atoms in total. The van der Waals surface area contributed by atoms with E-state index in [9.17, 15) is 4.79 Å². The zero-order chi connectivity index (χ0) is 9.26. The van der Waals surface area contributed by atoms with E-state index < -0.39 is 0 Å². The number of aliphatic imine (C=N–C) groups is 1. The van der Waals surface area contributed by atoms with E-state index in [4.69, 9.17) is 0 Å². The van der Waals surface area contributed by atoms with Gasteiger partial charge >= 0.3 is 5.97 Å². The first-order valence-electron chi connectivity index (χ1n) is 4.06. The van der Waals surface area contributed by atoms with Crippen LogP contribution in [0.25, 0.3) is 0 Å². The normalized spacial score (nSPS) is 19.6. The van der Waals surface area contributed by atoms with Crippen LogP contribution in [0.2, 0.25) is 0 Å². The van der Waals surface area contributed by atoms with E-state index in [1.165, 1.54) is 7.11 Å². The fourth-order valence-corrected chi connectivity index (χ4v) is 2.29. The molecule has 0 atom stereocenters. The number of nitrogens with zero attached hydrogens (tertiary/aromatic N) is 2. The molecule has 0 saturated heterocycles. The Bertz CT molecular complexity index is 299. The standard InChI is InChI=1S/C8H10N2O2S/c1-12-7(11)4-6-5-13-8-9-2-3-10(6)8/h5H,2-4H2,1H3. The van der Waals surface area contributed by atoms with Crippen molar-refractivity contribution in [1.29, 1.82) is 0 Å². The highest BCUT2D eigenvalue weighted by atomic mass is 32.2. The summed E-state index contributed by atoms with van der Waals surface area (Å²) in [7, 11) is 1.41. The molecule has 0 fully saturated rings. The molecule has 0 aromatic carbocycles. The van der Waals surface area contributed by atoms with Crippen LogP contribution in [0, 0.1) is 0 Å². The zero-order valence-corrected chi connectivity index (χ0v) is 8.13. The Balaban J connectivity index is 2.01. The molecular weight excluding hydrogens is 188 g/mol. The third-order valence-electron chi connectivity index (χ3n) is 2.00. The summed E-state index contributed by atoms with van der Waals surface area (Å²) in [4.78, 5) is 17.4. The van der Waals surface area contributed by atoms with Crippen molar-refractivity contribution in [3.05, 3.63) is 11.1 Å². The van der Waals surface area contributed by atoms with Crippen molar-refractivity contribution in [1.82, 2.24) is 4.90 Å². The van der Waals surface area contributed by atoms with E-state index in [-0.39, 0.29) is 5.97 Å². The van der Waals surface area contributed by atoms with E-state index in [2.05, 4.69) is 14.6 Å². The van der Waals surface area contributed by atoms with Crippen LogP contribution in [0.4, 0.5) is 0 Å². The van der Waals surface area contributed by atoms with Gasteiger partial charge in [-0.3, -0.25) is 9.79 Å². The third kappa shape index (κ3) is 1.56. The van der Waals surface area contributed by atoms with Gasteiger partial charge in [0.15, 0.2) is 5.17 Å². The summed E-state index contributed by atoms with van der Waals surface area (Å²) < 4.78 is 4.61. The number of carbonyl (C=O) groups excluding carboxylic acids is 1. The second-order valence-corrected chi connectivity index (χ2v) is 3.63. The second kappa shape index (κ2) is 3.41. The van der Waals surface area contributed by atoms with E-state index in [1.54, 1.807) is 11.8 Å². The van der Waals surface area contributed by atoms with Crippen molar-refractivity contribution in [2.45, 2.75) is 6.42 Å². The number of methoxy groups -OCH3 is 1. The summed E-state index contributed by atoms with van der Waals surface area (Å²) in [6, 6.07) is 0. The van der Waals surface area contributed by atoms with Crippen molar-refractivity contribution in [2.24, 2.45) is 4.99 Å². The van der Waals surface area contributed by atoms with Crippen LogP contribution >= 0.6 is 11.8 Å². The minimum Gasteiger partial charge on any atom is -0.469 e. The van der Waals surface area contributed by atoms with Gasteiger partial charge in [0.1, 0.15) is 0 Å². The fourth-order valence-electron chi connectivity index (χ4n) is 1.34. The first kappa shape index (κ1) is 8.62. The number of ether oxygens (including phenoxy) is 1. The molecule has 0 radical (unpaired) electrons. The Kier molecular flexibility index (Phi) is 2.26. The smallest absolute Gasteiger partial charge is 0.311 e. The summed E-state index contributed by atoms with van der Waals surface area (Å²) in [5.74, 6) is -0.194. The number of thioether (sulfide) groups is 1. The Morgan fingerprint density at radius 3 is 3.46 bits per heavy atom. The maximum Gasteiger partial charge on any atom is 0.311 e. The van der Waals surface area contributed by atoms with Crippen LogP contribution in [0.5, 0.6) is 0 Å². The van der Waals surface area contributed by atoms with Gasteiger partial charge in [-0.15, -0.1) is 0 Å². The monoisotopic (exact) mass is 198 g/mol. The average molecular weight is 198 g/mol. The third-order valence-corrected chi connectivity index (χ3v) is 2.95. The van der Waals surface area contributed by atoms with Crippen LogP contribution in [-0.4, -0.2) is 36.2 Å². The lowest BCUT2D eigenvalue weighted by molar-refractivity contribution is -0.140. The molecule has 2 aliphatic heterocycles. The SMILES string of the molecule is COC(=O)CC1=CSC2=NCCN12. The van der Waals surface area contributed by atoms with Gasteiger partial charge in [-0.1, -0.05) is 11.8 Å². The number of rotatable bonds is 2. The zero-order valence-electron chi connectivity index (χ0n) is 7.32. The highest BCUT2D eigenvalue weighted by Gasteiger charge is 2.27. The fraction of sp³-hybridized carbons (Fsp3) is 0.500. The lowest BCUT2D eigenvalue weighted by Crippen LogP contribution is -2.22. The highest BCUT2D eigenvalue weighted by Crippen LogP contribution is 2.30. The molecule has 0 spiro atoms. The minimum atomic E-state index is -0.194. The molecule has 0 aromatic rings. The molecule has 5 heteroatoms. The van der Waals surface area contributed by atoms with Gasteiger partial charge in [0.05, 0.1) is 20.1 Å². The lowest BCUT2D eigenvalue weighted by atomic mass is 10.3. The van der Waals surface area contributed by atoms with Crippen LogP contribution in [0.15, 0.2) is 16.1 Å². The van der Waals surface area contributed by atoms with E-state index in [1.807, 2.05) is 5.41 Å². The Labute approximate surface area is 80.6 Å². The molecule has 2 rings (SSSR count). The lowest BCUT2D eigenvalue weighted by Gasteiger charge is -2.14. The Hall–Kier alpha value is -0.970. The maximum atomic E-state index is 11.0. The van der Waals surface area contributed by atoms with E-state index in [0.717, 1.165) is 24.0 Å². The summed E-state index contributed by atoms with van der Waals surface area (Å²) in [5, 5.41) is 2.98. The van der Waals surface area contributed by atoms with Gasteiger partial charge in [0.2, 0.25) is 0 Å². The average Bonchev–Trinajstić information content (AvgIpc) is 2.69. The van der Waals surface area contributed by atoms with E-state index in [0.29, 0.717) is 6.42 Å². The molecule has 0 bridgehead atoms. The van der Waals surface area contributed by atoms with Gasteiger partial charge in [0, 0.05) is 12.2 Å². The van der Waals surface area contributed by atoms with Crippen molar-refractivity contribution in [2.75, 3.05) is 20.2 Å². The van der Waals surface area contributed by atoms with Gasteiger partial charge in [0.25, 0.3) is 0 Å². The van der Waals surface area contributed by atoms with Crippen molar-refractivity contribution >= 4 is 22.9 Å². The quantitative estimate of drug-likeness (QED) is 0.616. The number of hydrogen-bond donors (Lipinski definition) is 0. The molecule has 2 aliphatic rings. The van der Waals surface area contributed by atoms with Crippen molar-refractivity contribution in [3.8, 4) is 0 Å². The van der Waals surface area contributed by atoms with Crippen molar-refractivity contribution in [3.63, 3.8) is 0 Å². The number of carbonyl (C=O) groups is 1. The maximum absolute atomic E-state index is 11.0. The number of hydrogen-bond acceptors (Lipinski definition) is 5. The second-order valence-electron chi connectivity index (χ2n) is 2.80. The Morgan fingerprint density at radius 2 is 2.69 bits per heavy atom. The molecular formula is C8H10N2O2S. The molecule has 70 valence electrons. The van der Waals surface area contributed by atoms with Gasteiger partial charge in [-0.2, -0.15) is 0 Å². The van der Waals surface area contributed by atoms with Gasteiger partial charge in [-0.25, -0.2) is 0 Å². The number of fused-ring (bicyclic) bond motifs is 1. The summed E-state index contributed by atoms with van der Waals surface area (Å²) >= 11 is 1.58. The minimum absolute atomic E-state index is 0.194. The van der Waals surface area contributed by atoms with Crippen LogP contribution in [0.1, 0.15) is 6.42 Å². The number of esters is 1. The molecule has 2 heterocycles. The molecule has 0 saturated carbocycles. The first-order chi connectivity index (χ1) is 6.31. The number of amidine groups is 1. The summed E-state index contributed by atoms with van der Waals surface area (Å²) in [6.45, 7) is 1.73. The predicted molar refractivity (Wildman–Crippen MR) is 51.3 cm³/mol. The molecule has 0 aromatic heterocycles. The van der Waals surface area contributed by atoms with E-state index >= 15 is 0 Å². The molecule has 0 N–H and O–H groups in total. The first-order valence-corrected chi connectivity index (χ1v) is 4.94. The van der Waals surface area contributed by atoms with Crippen LogP contribution in [0.3, 0.4) is 0 Å². The van der Waals surface area contributed by atoms with Crippen LogP contribution < -0.4 is 0 Å². The van der Waals surface area contributed by atoms with Crippen LogP contribution in [-0.2, 0) is 9.53 Å². The molecule has 13 heavy (non-hydrogen) atoms. The largest absolute Gasteiger partial charge is 0.469 e. The molecule has 0 aliphatic carbocycles. The van der Waals surface area contributed by atoms with Gasteiger partial charge < -0.3 is 9.64 Å². The molecule has 0 amide bonds.